The van der Waals surface area contributed by atoms with E-state index < -0.39 is 0 Å². The highest BCUT2D eigenvalue weighted by molar-refractivity contribution is 5.72. The standard InChI is InChI=1S/C12H26N4O/c1-12(17)14-5-3-7-16-10-8-15(9-11-16)6-2-4-13/h2-11,13H2,1H3,(H,14,17). The van der Waals surface area contributed by atoms with Crippen LogP contribution in [-0.2, 0) is 4.79 Å². The molecule has 0 atom stereocenters. The highest BCUT2D eigenvalue weighted by atomic mass is 16.1. The Labute approximate surface area is 104 Å². The molecule has 3 N–H and O–H groups in total. The van der Waals surface area contributed by atoms with Crippen LogP contribution in [-0.4, -0.2) is 68.1 Å². The number of hydrogen-bond donors (Lipinski definition) is 2. The molecule has 5 heteroatoms. The van der Waals surface area contributed by atoms with Crippen LogP contribution in [0.1, 0.15) is 19.8 Å². The smallest absolute Gasteiger partial charge is 0.216 e. The van der Waals surface area contributed by atoms with Crippen molar-refractivity contribution in [2.75, 3.05) is 52.4 Å². The first-order chi connectivity index (χ1) is 8.22. The minimum atomic E-state index is 0.0663. The van der Waals surface area contributed by atoms with Gasteiger partial charge in [0.15, 0.2) is 0 Å². The molecule has 0 unspecified atom stereocenters. The summed E-state index contributed by atoms with van der Waals surface area (Å²) in [5, 5.41) is 2.83. The van der Waals surface area contributed by atoms with Gasteiger partial charge in [-0.3, -0.25) is 4.79 Å². The SMILES string of the molecule is CC(=O)NCCCN1CCN(CCCN)CC1. The van der Waals surface area contributed by atoms with Crippen LogP contribution in [0.15, 0.2) is 0 Å². The Bertz CT molecular complexity index is 215. The summed E-state index contributed by atoms with van der Waals surface area (Å²) in [6.45, 7) is 9.96. The average molecular weight is 242 g/mol. The summed E-state index contributed by atoms with van der Waals surface area (Å²) in [6.07, 6.45) is 2.14. The Hall–Kier alpha value is -0.650. The van der Waals surface area contributed by atoms with Gasteiger partial charge < -0.3 is 20.9 Å². The molecule has 100 valence electrons. The van der Waals surface area contributed by atoms with E-state index in [1.807, 2.05) is 0 Å². The van der Waals surface area contributed by atoms with Crippen LogP contribution in [0.25, 0.3) is 0 Å². The van der Waals surface area contributed by atoms with E-state index in [0.717, 1.165) is 65.2 Å². The Kier molecular flexibility index (Phi) is 7.16. The van der Waals surface area contributed by atoms with E-state index >= 15 is 0 Å². The van der Waals surface area contributed by atoms with Crippen molar-refractivity contribution in [3.63, 3.8) is 0 Å². The molecule has 17 heavy (non-hydrogen) atoms. The molecule has 0 saturated carbocycles. The van der Waals surface area contributed by atoms with Crippen molar-refractivity contribution in [1.82, 2.24) is 15.1 Å². The molecule has 0 aromatic rings. The molecular formula is C12H26N4O. The van der Waals surface area contributed by atoms with E-state index in [1.165, 1.54) is 0 Å². The molecule has 0 spiro atoms. The average Bonchev–Trinajstić information content (AvgIpc) is 2.33. The van der Waals surface area contributed by atoms with Crippen LogP contribution in [0, 0.1) is 0 Å². The van der Waals surface area contributed by atoms with Crippen molar-refractivity contribution >= 4 is 5.91 Å². The first-order valence-corrected chi connectivity index (χ1v) is 6.61. The molecule has 1 aliphatic heterocycles. The second-order valence-corrected chi connectivity index (χ2v) is 4.66. The topological polar surface area (TPSA) is 61.6 Å². The lowest BCUT2D eigenvalue weighted by atomic mass is 10.2. The third kappa shape index (κ3) is 6.61. The Morgan fingerprint density at radius 3 is 2.12 bits per heavy atom. The van der Waals surface area contributed by atoms with Crippen LogP contribution in [0.4, 0.5) is 0 Å². The molecule has 0 radical (unpaired) electrons. The lowest BCUT2D eigenvalue weighted by molar-refractivity contribution is -0.118. The molecule has 1 heterocycles. The summed E-state index contributed by atoms with van der Waals surface area (Å²) < 4.78 is 0. The lowest BCUT2D eigenvalue weighted by Crippen LogP contribution is -2.47. The van der Waals surface area contributed by atoms with Gasteiger partial charge in [-0.25, -0.2) is 0 Å². The summed E-state index contributed by atoms with van der Waals surface area (Å²) >= 11 is 0. The Balaban J connectivity index is 2.01. The number of nitrogens with zero attached hydrogens (tertiary/aromatic N) is 2. The van der Waals surface area contributed by atoms with Gasteiger partial charge in [0.25, 0.3) is 0 Å². The first kappa shape index (κ1) is 14.4. The molecule has 1 amide bonds. The minimum absolute atomic E-state index is 0.0663. The maximum absolute atomic E-state index is 10.7. The van der Waals surface area contributed by atoms with Crippen molar-refractivity contribution in [2.24, 2.45) is 5.73 Å². The molecule has 1 saturated heterocycles. The molecular weight excluding hydrogens is 216 g/mol. The monoisotopic (exact) mass is 242 g/mol. The summed E-state index contributed by atoms with van der Waals surface area (Å²) in [7, 11) is 0. The maximum Gasteiger partial charge on any atom is 0.216 e. The highest BCUT2D eigenvalue weighted by Gasteiger charge is 2.15. The number of amides is 1. The predicted molar refractivity (Wildman–Crippen MR) is 69.9 cm³/mol. The van der Waals surface area contributed by atoms with Gasteiger partial charge in [-0.2, -0.15) is 0 Å². The molecule has 0 aromatic carbocycles. The molecule has 1 rings (SSSR count). The second-order valence-electron chi connectivity index (χ2n) is 4.66. The van der Waals surface area contributed by atoms with E-state index in [-0.39, 0.29) is 5.91 Å². The second kappa shape index (κ2) is 8.44. The largest absolute Gasteiger partial charge is 0.356 e. The van der Waals surface area contributed by atoms with Crippen LogP contribution in [0.3, 0.4) is 0 Å². The Morgan fingerprint density at radius 2 is 1.65 bits per heavy atom. The van der Waals surface area contributed by atoms with Crippen LogP contribution < -0.4 is 11.1 Å². The van der Waals surface area contributed by atoms with Crippen molar-refractivity contribution in [2.45, 2.75) is 19.8 Å². The van der Waals surface area contributed by atoms with E-state index in [2.05, 4.69) is 15.1 Å². The van der Waals surface area contributed by atoms with Crippen LogP contribution in [0.2, 0.25) is 0 Å². The van der Waals surface area contributed by atoms with Crippen molar-refractivity contribution < 1.29 is 4.79 Å². The molecule has 0 aromatic heterocycles. The van der Waals surface area contributed by atoms with E-state index in [4.69, 9.17) is 5.73 Å². The fourth-order valence-electron chi connectivity index (χ4n) is 2.12. The van der Waals surface area contributed by atoms with Crippen LogP contribution in [0.5, 0.6) is 0 Å². The van der Waals surface area contributed by atoms with Gasteiger partial charge in [0.05, 0.1) is 0 Å². The predicted octanol–water partition coefficient (Wildman–Crippen LogP) is -0.521. The number of carbonyl (C=O) groups is 1. The number of nitrogens with one attached hydrogen (secondary N) is 1. The molecule has 1 aliphatic rings. The van der Waals surface area contributed by atoms with Gasteiger partial charge in [-0.05, 0) is 32.5 Å². The first-order valence-electron chi connectivity index (χ1n) is 6.61. The van der Waals surface area contributed by atoms with Gasteiger partial charge in [0.2, 0.25) is 5.91 Å². The van der Waals surface area contributed by atoms with Gasteiger partial charge >= 0.3 is 0 Å². The Morgan fingerprint density at radius 1 is 1.12 bits per heavy atom. The number of carbonyl (C=O) groups excluding carboxylic acids is 1. The summed E-state index contributed by atoms with van der Waals surface area (Å²) in [5.74, 6) is 0.0663. The quantitative estimate of drug-likeness (QED) is 0.590. The van der Waals surface area contributed by atoms with Crippen LogP contribution >= 0.6 is 0 Å². The normalized spacial score (nSPS) is 18.2. The summed E-state index contributed by atoms with van der Waals surface area (Å²) in [6, 6.07) is 0. The van der Waals surface area contributed by atoms with Crippen molar-refractivity contribution in [3.8, 4) is 0 Å². The maximum atomic E-state index is 10.7. The van der Waals surface area contributed by atoms with Crippen molar-refractivity contribution in [3.05, 3.63) is 0 Å². The van der Waals surface area contributed by atoms with E-state index in [9.17, 15) is 4.79 Å². The summed E-state index contributed by atoms with van der Waals surface area (Å²) in [5.41, 5.74) is 5.51. The highest BCUT2D eigenvalue weighted by Crippen LogP contribution is 2.02. The van der Waals surface area contributed by atoms with Gasteiger partial charge in [-0.15, -0.1) is 0 Å². The van der Waals surface area contributed by atoms with E-state index in [0.29, 0.717) is 0 Å². The fourth-order valence-corrected chi connectivity index (χ4v) is 2.12. The fraction of sp³-hybridized carbons (Fsp3) is 0.917. The van der Waals surface area contributed by atoms with Gasteiger partial charge in [0.1, 0.15) is 0 Å². The number of hydrogen-bond acceptors (Lipinski definition) is 4. The molecule has 5 nitrogen and oxygen atoms in total. The number of piperazine rings is 1. The van der Waals surface area contributed by atoms with Crippen molar-refractivity contribution in [1.29, 1.82) is 0 Å². The van der Waals surface area contributed by atoms with Gasteiger partial charge in [-0.1, -0.05) is 0 Å². The number of rotatable bonds is 7. The zero-order valence-electron chi connectivity index (χ0n) is 11.0. The minimum Gasteiger partial charge on any atom is -0.356 e. The summed E-state index contributed by atoms with van der Waals surface area (Å²) in [4.78, 5) is 15.7. The third-order valence-corrected chi connectivity index (χ3v) is 3.17. The zero-order valence-corrected chi connectivity index (χ0v) is 11.0. The zero-order chi connectivity index (χ0) is 12.5. The third-order valence-electron chi connectivity index (χ3n) is 3.17. The van der Waals surface area contributed by atoms with Gasteiger partial charge in [0, 0.05) is 39.6 Å². The lowest BCUT2D eigenvalue weighted by Gasteiger charge is -2.34. The molecule has 1 fully saturated rings. The molecule has 0 bridgehead atoms. The number of nitrogens with two attached hydrogens (primary N) is 1. The van der Waals surface area contributed by atoms with E-state index in [1.54, 1.807) is 6.92 Å². The molecule has 0 aliphatic carbocycles.